The molecular formula is C18H28CaO7S. The number of hydrogen-bond acceptors (Lipinski definition) is 6. The second-order valence-electron chi connectivity index (χ2n) is 5.91. The molecule has 1 aromatic rings. The molecule has 1 aromatic carbocycles. The van der Waals surface area contributed by atoms with Crippen molar-refractivity contribution in [3.63, 3.8) is 0 Å². The monoisotopic (exact) mass is 428 g/mol. The van der Waals surface area contributed by atoms with Gasteiger partial charge < -0.3 is 12.3 Å². The van der Waals surface area contributed by atoms with Crippen LogP contribution >= 0.6 is 0 Å². The van der Waals surface area contributed by atoms with Gasteiger partial charge in [-0.2, -0.15) is 8.42 Å². The smallest absolute Gasteiger partial charge is 1.00 e. The van der Waals surface area contributed by atoms with E-state index in [9.17, 15) is 22.6 Å². The van der Waals surface area contributed by atoms with Crippen LogP contribution in [0.25, 0.3) is 0 Å². The third-order valence-electron chi connectivity index (χ3n) is 4.04. The molecule has 0 aliphatic carbocycles. The SMILES string of the molecule is CCC(CC)OC(=O)c1cc(C(=O)OC(CC)CC)cc(S(=O)(=O)O)c1.[Ca+2].[H-].[H-]. The fourth-order valence-corrected chi connectivity index (χ4v) is 2.88. The van der Waals surface area contributed by atoms with Crippen molar-refractivity contribution in [1.82, 2.24) is 0 Å². The number of ether oxygens (including phenoxy) is 2. The largest absolute Gasteiger partial charge is 2.00 e. The zero-order valence-electron chi connectivity index (χ0n) is 18.2. The second-order valence-corrected chi connectivity index (χ2v) is 7.33. The molecule has 1 rings (SSSR count). The number of carbonyl (C=O) groups is 2. The maximum atomic E-state index is 12.3. The molecule has 0 saturated carbocycles. The van der Waals surface area contributed by atoms with E-state index in [1.54, 1.807) is 0 Å². The van der Waals surface area contributed by atoms with E-state index < -0.39 is 27.0 Å². The summed E-state index contributed by atoms with van der Waals surface area (Å²) in [5.41, 5.74) is -0.271. The van der Waals surface area contributed by atoms with Crippen LogP contribution in [-0.4, -0.2) is 74.9 Å². The quantitative estimate of drug-likeness (QED) is 0.364. The molecule has 0 atom stereocenters. The zero-order chi connectivity index (χ0) is 19.9. The number of benzene rings is 1. The predicted octanol–water partition coefficient (Wildman–Crippen LogP) is 3.47. The van der Waals surface area contributed by atoms with Gasteiger partial charge in [0.2, 0.25) is 0 Å². The Labute approximate surface area is 193 Å². The van der Waals surface area contributed by atoms with Gasteiger partial charge in [-0.05, 0) is 43.9 Å². The first-order valence-corrected chi connectivity index (χ1v) is 10.1. The van der Waals surface area contributed by atoms with Gasteiger partial charge in [0.15, 0.2) is 0 Å². The number of carbonyl (C=O) groups excluding carboxylic acids is 2. The molecule has 1 N–H and O–H groups in total. The van der Waals surface area contributed by atoms with Gasteiger partial charge >= 0.3 is 49.7 Å². The summed E-state index contributed by atoms with van der Waals surface area (Å²) in [6, 6.07) is 3.17. The van der Waals surface area contributed by atoms with Gasteiger partial charge in [-0.1, -0.05) is 27.7 Å². The standard InChI is InChI=1S/C18H26O7S.Ca.2H/c1-5-14(6-2)24-17(19)12-9-13(11-16(10-12)26(21,22)23)18(20)25-15(7-3)8-4;;;/h9-11,14-15H,5-8H2,1-4H3,(H,21,22,23);;;/q;+2;2*-1. The fraction of sp³-hybridized carbons (Fsp3) is 0.556. The van der Waals surface area contributed by atoms with E-state index in [0.29, 0.717) is 25.7 Å². The van der Waals surface area contributed by atoms with Gasteiger partial charge in [0.05, 0.1) is 16.0 Å². The number of esters is 2. The summed E-state index contributed by atoms with van der Waals surface area (Å²) in [6.45, 7) is 7.42. The molecule has 0 saturated heterocycles. The minimum Gasteiger partial charge on any atom is -1.00 e. The molecule has 7 nitrogen and oxygen atoms in total. The number of rotatable bonds is 9. The van der Waals surface area contributed by atoms with E-state index in [1.165, 1.54) is 6.07 Å². The van der Waals surface area contributed by atoms with Gasteiger partial charge in [0, 0.05) is 0 Å². The van der Waals surface area contributed by atoms with Crippen LogP contribution in [0.4, 0.5) is 0 Å². The van der Waals surface area contributed by atoms with Gasteiger partial charge in [0.25, 0.3) is 10.1 Å². The summed E-state index contributed by atoms with van der Waals surface area (Å²) >= 11 is 0. The maximum Gasteiger partial charge on any atom is 2.00 e. The minimum absolute atomic E-state index is 0. The molecule has 0 aromatic heterocycles. The normalized spacial score (nSPS) is 11.2. The zero-order valence-corrected chi connectivity index (χ0v) is 19.3. The Balaban J connectivity index is -0.00000225. The van der Waals surface area contributed by atoms with E-state index in [4.69, 9.17) is 9.47 Å². The van der Waals surface area contributed by atoms with E-state index in [1.807, 2.05) is 27.7 Å². The van der Waals surface area contributed by atoms with Crippen molar-refractivity contribution >= 4 is 59.8 Å². The van der Waals surface area contributed by atoms with Crippen LogP contribution in [0.15, 0.2) is 23.1 Å². The van der Waals surface area contributed by atoms with Crippen LogP contribution < -0.4 is 0 Å². The molecule has 0 heterocycles. The van der Waals surface area contributed by atoms with Crippen molar-refractivity contribution in [3.05, 3.63) is 29.3 Å². The summed E-state index contributed by atoms with van der Waals surface area (Å²) < 4.78 is 42.9. The van der Waals surface area contributed by atoms with Crippen LogP contribution in [-0.2, 0) is 19.6 Å². The van der Waals surface area contributed by atoms with E-state index in [0.717, 1.165) is 12.1 Å². The first-order chi connectivity index (χ1) is 12.2. The Hall–Kier alpha value is -0.670. The summed E-state index contributed by atoms with van der Waals surface area (Å²) in [5.74, 6) is -1.53. The van der Waals surface area contributed by atoms with Gasteiger partial charge in [-0.15, -0.1) is 0 Å². The summed E-state index contributed by atoms with van der Waals surface area (Å²) in [4.78, 5) is 24.1. The fourth-order valence-electron chi connectivity index (χ4n) is 2.33. The first kappa shape index (κ1) is 26.3. The van der Waals surface area contributed by atoms with Crippen molar-refractivity contribution in [2.24, 2.45) is 0 Å². The third kappa shape index (κ3) is 8.07. The molecule has 0 radical (unpaired) electrons. The summed E-state index contributed by atoms with van der Waals surface area (Å²) in [5, 5.41) is 0. The molecule has 0 unspecified atom stereocenters. The van der Waals surface area contributed by atoms with Crippen molar-refractivity contribution in [1.29, 1.82) is 0 Å². The van der Waals surface area contributed by atoms with Gasteiger partial charge in [-0.3, -0.25) is 4.55 Å². The predicted molar refractivity (Wildman–Crippen MR) is 104 cm³/mol. The maximum absolute atomic E-state index is 12.3. The Bertz CT molecular complexity index is 704. The van der Waals surface area contributed by atoms with Gasteiger partial charge in [0.1, 0.15) is 12.2 Å². The van der Waals surface area contributed by atoms with Crippen molar-refractivity contribution < 1.29 is 34.9 Å². The molecule has 150 valence electrons. The Morgan fingerprint density at radius 1 is 0.889 bits per heavy atom. The molecule has 0 bridgehead atoms. The Kier molecular flexibility index (Phi) is 11.7. The third-order valence-corrected chi connectivity index (χ3v) is 4.88. The molecular weight excluding hydrogens is 400 g/mol. The van der Waals surface area contributed by atoms with Crippen molar-refractivity contribution in [3.8, 4) is 0 Å². The Morgan fingerprint density at radius 3 is 1.48 bits per heavy atom. The molecule has 0 aliphatic heterocycles. The van der Waals surface area contributed by atoms with Crippen LogP contribution in [0.3, 0.4) is 0 Å². The van der Waals surface area contributed by atoms with E-state index in [2.05, 4.69) is 0 Å². The van der Waals surface area contributed by atoms with Crippen molar-refractivity contribution in [2.75, 3.05) is 0 Å². The summed E-state index contributed by atoms with van der Waals surface area (Å²) in [7, 11) is -4.61. The Morgan fingerprint density at radius 2 is 1.22 bits per heavy atom. The second kappa shape index (κ2) is 12.0. The van der Waals surface area contributed by atoms with Crippen LogP contribution in [0.1, 0.15) is 76.9 Å². The number of hydrogen-bond donors (Lipinski definition) is 1. The van der Waals surface area contributed by atoms with Crippen molar-refractivity contribution in [2.45, 2.75) is 70.5 Å². The van der Waals surface area contributed by atoms with Crippen LogP contribution in [0.2, 0.25) is 0 Å². The molecule has 0 spiro atoms. The molecule has 27 heavy (non-hydrogen) atoms. The van der Waals surface area contributed by atoms with Crippen LogP contribution in [0.5, 0.6) is 0 Å². The molecule has 9 heteroatoms. The average Bonchev–Trinajstić information content (AvgIpc) is 2.62. The van der Waals surface area contributed by atoms with Crippen LogP contribution in [0, 0.1) is 0 Å². The molecule has 0 amide bonds. The van der Waals surface area contributed by atoms with E-state index in [-0.39, 0.29) is 63.9 Å². The minimum atomic E-state index is -4.61. The first-order valence-electron chi connectivity index (χ1n) is 8.70. The topological polar surface area (TPSA) is 107 Å². The molecule has 0 aliphatic rings. The van der Waals surface area contributed by atoms with Gasteiger partial charge in [-0.25, -0.2) is 9.59 Å². The van der Waals surface area contributed by atoms with E-state index >= 15 is 0 Å². The summed E-state index contributed by atoms with van der Waals surface area (Å²) in [6.07, 6.45) is 1.76. The molecule has 0 fully saturated rings. The average molecular weight is 429 g/mol.